The predicted octanol–water partition coefficient (Wildman–Crippen LogP) is 1.59. The third-order valence-corrected chi connectivity index (χ3v) is 3.96. The summed E-state index contributed by atoms with van der Waals surface area (Å²) in [7, 11) is 4.29. The molecule has 0 radical (unpaired) electrons. The highest BCUT2D eigenvalue weighted by Gasteiger charge is 2.24. The van der Waals surface area contributed by atoms with Crippen LogP contribution in [0.15, 0.2) is 36.7 Å². The highest BCUT2D eigenvalue weighted by Crippen LogP contribution is 2.23. The van der Waals surface area contributed by atoms with Crippen molar-refractivity contribution in [1.29, 1.82) is 0 Å². The quantitative estimate of drug-likeness (QED) is 0.861. The summed E-state index contributed by atoms with van der Waals surface area (Å²) in [4.78, 5) is 4.68. The van der Waals surface area contributed by atoms with Crippen molar-refractivity contribution < 1.29 is 0 Å². The van der Waals surface area contributed by atoms with Gasteiger partial charge < -0.3 is 15.5 Å². The average molecular weight is 271 g/mol. The molecule has 0 spiro atoms. The Morgan fingerprint density at radius 2 is 2.15 bits per heavy atom. The maximum Gasteiger partial charge on any atom is 0.0757 e. The SMILES string of the molecule is CN(C)[C@@H]1CCN(c2cnn(-c3cccc(N)c3)c2)C1. The van der Waals surface area contributed by atoms with Gasteiger partial charge in [0.05, 0.1) is 23.8 Å². The van der Waals surface area contributed by atoms with Crippen LogP contribution in [-0.4, -0.2) is 47.9 Å². The first kappa shape index (κ1) is 13.0. The van der Waals surface area contributed by atoms with Crippen LogP contribution in [0.3, 0.4) is 0 Å². The van der Waals surface area contributed by atoms with Crippen molar-refractivity contribution in [2.24, 2.45) is 0 Å². The predicted molar refractivity (Wildman–Crippen MR) is 82.3 cm³/mol. The van der Waals surface area contributed by atoms with Crippen LogP contribution in [0.2, 0.25) is 0 Å². The summed E-state index contributed by atoms with van der Waals surface area (Å²) in [6.45, 7) is 2.15. The van der Waals surface area contributed by atoms with Gasteiger partial charge in [-0.1, -0.05) is 6.07 Å². The molecule has 2 heterocycles. The van der Waals surface area contributed by atoms with Crippen molar-refractivity contribution in [2.75, 3.05) is 37.8 Å². The molecule has 1 fully saturated rings. The lowest BCUT2D eigenvalue weighted by atomic mass is 10.2. The minimum atomic E-state index is 0.630. The van der Waals surface area contributed by atoms with Gasteiger partial charge in [0.1, 0.15) is 0 Å². The number of nitrogens with two attached hydrogens (primary N) is 1. The molecular formula is C15H21N5. The van der Waals surface area contributed by atoms with Crippen LogP contribution in [0.25, 0.3) is 5.69 Å². The highest BCUT2D eigenvalue weighted by molar-refractivity contribution is 5.50. The second-order valence-corrected chi connectivity index (χ2v) is 5.59. The standard InChI is InChI=1S/C15H21N5/c1-18(2)14-6-7-19(10-14)15-9-17-20(11-15)13-5-3-4-12(16)8-13/h3-5,8-9,11,14H,6-7,10,16H2,1-2H3/t14-/m1/s1. The van der Waals surface area contributed by atoms with Gasteiger partial charge in [-0.2, -0.15) is 5.10 Å². The van der Waals surface area contributed by atoms with Crippen LogP contribution in [0.4, 0.5) is 11.4 Å². The van der Waals surface area contributed by atoms with Crippen LogP contribution in [-0.2, 0) is 0 Å². The Hall–Kier alpha value is -2.01. The minimum absolute atomic E-state index is 0.630. The molecule has 0 saturated carbocycles. The number of hydrogen-bond acceptors (Lipinski definition) is 4. The molecule has 1 aliphatic rings. The fraction of sp³-hybridized carbons (Fsp3) is 0.400. The molecule has 3 rings (SSSR count). The Balaban J connectivity index is 1.78. The Morgan fingerprint density at radius 3 is 2.85 bits per heavy atom. The second kappa shape index (κ2) is 5.17. The molecule has 1 aromatic carbocycles. The normalized spacial score (nSPS) is 18.9. The molecular weight excluding hydrogens is 250 g/mol. The molecule has 2 aromatic rings. The monoisotopic (exact) mass is 271 g/mol. The van der Waals surface area contributed by atoms with Gasteiger partial charge in [0, 0.05) is 24.8 Å². The van der Waals surface area contributed by atoms with Crippen LogP contribution < -0.4 is 10.6 Å². The Kier molecular flexibility index (Phi) is 3.36. The third kappa shape index (κ3) is 2.49. The van der Waals surface area contributed by atoms with Gasteiger partial charge in [0.15, 0.2) is 0 Å². The number of nitrogen functional groups attached to an aromatic ring is 1. The first-order chi connectivity index (χ1) is 9.63. The topological polar surface area (TPSA) is 50.3 Å². The van der Waals surface area contributed by atoms with E-state index >= 15 is 0 Å². The molecule has 0 aliphatic carbocycles. The molecule has 106 valence electrons. The van der Waals surface area contributed by atoms with E-state index in [4.69, 9.17) is 5.73 Å². The first-order valence-corrected chi connectivity index (χ1v) is 6.95. The number of anilines is 2. The van der Waals surface area contributed by atoms with Crippen molar-refractivity contribution in [3.63, 3.8) is 0 Å². The molecule has 1 aromatic heterocycles. The van der Waals surface area contributed by atoms with Crippen LogP contribution >= 0.6 is 0 Å². The first-order valence-electron chi connectivity index (χ1n) is 6.95. The summed E-state index contributed by atoms with van der Waals surface area (Å²) < 4.78 is 1.88. The van der Waals surface area contributed by atoms with Crippen molar-refractivity contribution in [1.82, 2.24) is 14.7 Å². The van der Waals surface area contributed by atoms with Crippen molar-refractivity contribution in [2.45, 2.75) is 12.5 Å². The van der Waals surface area contributed by atoms with Gasteiger partial charge in [-0.25, -0.2) is 4.68 Å². The van der Waals surface area contributed by atoms with Gasteiger partial charge in [0.2, 0.25) is 0 Å². The summed E-state index contributed by atoms with van der Waals surface area (Å²) in [6.07, 6.45) is 5.21. The second-order valence-electron chi connectivity index (χ2n) is 5.59. The van der Waals surface area contributed by atoms with E-state index in [9.17, 15) is 0 Å². The zero-order valence-electron chi connectivity index (χ0n) is 12.0. The Labute approximate surface area is 119 Å². The number of rotatable bonds is 3. The van der Waals surface area contributed by atoms with E-state index in [1.165, 1.54) is 12.1 Å². The number of likely N-dealkylation sites (N-methyl/N-ethyl adjacent to an activating group) is 1. The molecule has 1 atom stereocenters. The van der Waals surface area contributed by atoms with E-state index in [0.717, 1.165) is 24.5 Å². The summed E-state index contributed by atoms with van der Waals surface area (Å²) in [5, 5.41) is 4.45. The lowest BCUT2D eigenvalue weighted by Crippen LogP contribution is -2.31. The van der Waals surface area contributed by atoms with E-state index in [2.05, 4.69) is 35.2 Å². The molecule has 5 nitrogen and oxygen atoms in total. The molecule has 0 bridgehead atoms. The van der Waals surface area contributed by atoms with Gasteiger partial charge in [-0.05, 0) is 38.7 Å². The van der Waals surface area contributed by atoms with E-state index in [1.807, 2.05) is 35.1 Å². The van der Waals surface area contributed by atoms with E-state index < -0.39 is 0 Å². The summed E-state index contributed by atoms with van der Waals surface area (Å²) >= 11 is 0. The Morgan fingerprint density at radius 1 is 1.30 bits per heavy atom. The number of benzene rings is 1. The lowest BCUT2D eigenvalue weighted by molar-refractivity contribution is 0.315. The zero-order chi connectivity index (χ0) is 14.1. The Bertz CT molecular complexity index is 589. The fourth-order valence-electron chi connectivity index (χ4n) is 2.68. The van der Waals surface area contributed by atoms with Crippen molar-refractivity contribution in [3.05, 3.63) is 36.7 Å². The summed E-state index contributed by atoms with van der Waals surface area (Å²) in [5.41, 5.74) is 8.75. The number of nitrogens with zero attached hydrogens (tertiary/aromatic N) is 4. The largest absolute Gasteiger partial charge is 0.399 e. The summed E-state index contributed by atoms with van der Waals surface area (Å²) in [6, 6.07) is 8.41. The fourth-order valence-corrected chi connectivity index (χ4v) is 2.68. The zero-order valence-corrected chi connectivity index (χ0v) is 12.0. The lowest BCUT2D eigenvalue weighted by Gasteiger charge is -2.20. The van der Waals surface area contributed by atoms with Crippen molar-refractivity contribution in [3.8, 4) is 5.69 Å². The molecule has 5 heteroatoms. The number of hydrogen-bond donors (Lipinski definition) is 1. The molecule has 0 amide bonds. The molecule has 20 heavy (non-hydrogen) atoms. The van der Waals surface area contributed by atoms with E-state index in [0.29, 0.717) is 6.04 Å². The van der Waals surface area contributed by atoms with E-state index in [-0.39, 0.29) is 0 Å². The third-order valence-electron chi connectivity index (χ3n) is 3.96. The maximum absolute atomic E-state index is 5.82. The van der Waals surface area contributed by atoms with Crippen LogP contribution in [0.5, 0.6) is 0 Å². The molecule has 0 unspecified atom stereocenters. The molecule has 1 aliphatic heterocycles. The van der Waals surface area contributed by atoms with Crippen LogP contribution in [0.1, 0.15) is 6.42 Å². The van der Waals surface area contributed by atoms with Gasteiger partial charge >= 0.3 is 0 Å². The van der Waals surface area contributed by atoms with Gasteiger partial charge in [-0.15, -0.1) is 0 Å². The van der Waals surface area contributed by atoms with Gasteiger partial charge in [0.25, 0.3) is 0 Å². The smallest absolute Gasteiger partial charge is 0.0757 e. The van der Waals surface area contributed by atoms with Crippen LogP contribution in [0, 0.1) is 0 Å². The maximum atomic E-state index is 5.82. The highest BCUT2D eigenvalue weighted by atomic mass is 15.3. The average Bonchev–Trinajstić information content (AvgIpc) is 3.08. The summed E-state index contributed by atoms with van der Waals surface area (Å²) in [5.74, 6) is 0. The molecule has 2 N–H and O–H groups in total. The number of aromatic nitrogens is 2. The van der Waals surface area contributed by atoms with Gasteiger partial charge in [-0.3, -0.25) is 0 Å². The van der Waals surface area contributed by atoms with Crippen molar-refractivity contribution >= 4 is 11.4 Å². The minimum Gasteiger partial charge on any atom is -0.399 e. The molecule has 1 saturated heterocycles. The van der Waals surface area contributed by atoms with E-state index in [1.54, 1.807) is 0 Å².